The molecular weight excluding hydrogens is 316 g/mol. The fraction of sp³-hybridized carbons (Fsp3) is 0.571. The van der Waals surface area contributed by atoms with Crippen molar-refractivity contribution in [3.05, 3.63) is 29.3 Å². The quantitative estimate of drug-likeness (QED) is 0.635. The number of Topliss-reactive ketones (excluding diaryl/α,β-unsaturated/α-hetero) is 1. The minimum Gasteiger partial charge on any atom is -0.507 e. The van der Waals surface area contributed by atoms with E-state index < -0.39 is 5.60 Å². The summed E-state index contributed by atoms with van der Waals surface area (Å²) in [6.45, 7) is 10.1. The molecule has 0 saturated carbocycles. The number of carbonyl (C=O) groups is 1. The van der Waals surface area contributed by atoms with Crippen LogP contribution in [-0.2, 0) is 0 Å². The summed E-state index contributed by atoms with van der Waals surface area (Å²) < 4.78 is 11.9. The number of ether oxygens (including phenoxy) is 2. The van der Waals surface area contributed by atoms with Gasteiger partial charge in [-0.1, -0.05) is 33.8 Å². The molecule has 136 valence electrons. The van der Waals surface area contributed by atoms with Crippen LogP contribution in [0, 0.1) is 17.8 Å². The SMILES string of the molecule is COc1cc(O)c(C(=O)C(C)C)c2c1[C@H]1C[C@H](C(C)C)C=C[C@@]1(C)O2. The van der Waals surface area contributed by atoms with E-state index >= 15 is 0 Å². The van der Waals surface area contributed by atoms with Crippen molar-refractivity contribution in [1.82, 2.24) is 0 Å². The summed E-state index contributed by atoms with van der Waals surface area (Å²) >= 11 is 0. The second-order valence-corrected chi connectivity index (χ2v) is 8.08. The lowest BCUT2D eigenvalue weighted by atomic mass is 9.71. The van der Waals surface area contributed by atoms with Crippen LogP contribution in [0.2, 0.25) is 0 Å². The minimum absolute atomic E-state index is 0.0686. The van der Waals surface area contributed by atoms with Gasteiger partial charge >= 0.3 is 0 Å². The second kappa shape index (κ2) is 6.08. The molecule has 1 aromatic carbocycles. The highest BCUT2D eigenvalue weighted by atomic mass is 16.5. The smallest absolute Gasteiger partial charge is 0.172 e. The van der Waals surface area contributed by atoms with E-state index in [0.717, 1.165) is 12.0 Å². The van der Waals surface area contributed by atoms with Crippen molar-refractivity contribution < 1.29 is 19.4 Å². The van der Waals surface area contributed by atoms with Gasteiger partial charge < -0.3 is 14.6 Å². The van der Waals surface area contributed by atoms with Gasteiger partial charge in [-0.25, -0.2) is 0 Å². The Morgan fingerprint density at radius 2 is 2.04 bits per heavy atom. The monoisotopic (exact) mass is 344 g/mol. The molecule has 0 spiro atoms. The molecule has 0 radical (unpaired) electrons. The Hall–Kier alpha value is -1.97. The van der Waals surface area contributed by atoms with Crippen LogP contribution in [0.25, 0.3) is 0 Å². The van der Waals surface area contributed by atoms with Crippen LogP contribution in [0.3, 0.4) is 0 Å². The first-order valence-electron chi connectivity index (χ1n) is 9.06. The van der Waals surface area contributed by atoms with Gasteiger partial charge in [0.05, 0.1) is 7.11 Å². The average molecular weight is 344 g/mol. The van der Waals surface area contributed by atoms with Crippen molar-refractivity contribution in [3.63, 3.8) is 0 Å². The largest absolute Gasteiger partial charge is 0.507 e. The summed E-state index contributed by atoms with van der Waals surface area (Å²) in [4.78, 5) is 12.7. The highest BCUT2D eigenvalue weighted by Crippen LogP contribution is 2.57. The maximum Gasteiger partial charge on any atom is 0.172 e. The molecule has 1 aromatic rings. The molecule has 0 saturated heterocycles. The van der Waals surface area contributed by atoms with E-state index in [0.29, 0.717) is 23.3 Å². The third-order valence-electron chi connectivity index (χ3n) is 5.65. The Morgan fingerprint density at radius 3 is 2.60 bits per heavy atom. The summed E-state index contributed by atoms with van der Waals surface area (Å²) in [6, 6.07) is 1.56. The van der Waals surface area contributed by atoms with E-state index in [4.69, 9.17) is 9.47 Å². The molecule has 1 N–H and O–H groups in total. The van der Waals surface area contributed by atoms with Crippen molar-refractivity contribution in [3.8, 4) is 17.2 Å². The molecule has 1 aliphatic carbocycles. The van der Waals surface area contributed by atoms with Gasteiger partial charge in [-0.2, -0.15) is 0 Å². The summed E-state index contributed by atoms with van der Waals surface area (Å²) in [5, 5.41) is 10.5. The zero-order valence-electron chi connectivity index (χ0n) is 15.9. The fourth-order valence-corrected chi connectivity index (χ4v) is 4.01. The number of methoxy groups -OCH3 is 1. The number of phenols is 1. The van der Waals surface area contributed by atoms with E-state index in [1.165, 1.54) is 0 Å². The van der Waals surface area contributed by atoms with Crippen molar-refractivity contribution in [2.45, 2.75) is 52.6 Å². The first kappa shape index (κ1) is 17.8. The first-order valence-corrected chi connectivity index (χ1v) is 9.06. The van der Waals surface area contributed by atoms with E-state index in [2.05, 4.69) is 26.0 Å². The summed E-state index contributed by atoms with van der Waals surface area (Å²) in [5.74, 6) is 1.79. The number of hydrogen-bond acceptors (Lipinski definition) is 4. The second-order valence-electron chi connectivity index (χ2n) is 8.08. The lowest BCUT2D eigenvalue weighted by molar-refractivity contribution is 0.0916. The molecule has 0 aromatic heterocycles. The van der Waals surface area contributed by atoms with Crippen molar-refractivity contribution >= 4 is 5.78 Å². The maximum absolute atomic E-state index is 12.7. The lowest BCUT2D eigenvalue weighted by Gasteiger charge is -2.35. The first-order chi connectivity index (χ1) is 11.7. The molecule has 4 nitrogen and oxygen atoms in total. The molecule has 0 bridgehead atoms. The Bertz CT molecular complexity index is 732. The van der Waals surface area contributed by atoms with Gasteiger partial charge in [0.2, 0.25) is 0 Å². The number of fused-ring (bicyclic) bond motifs is 3. The molecule has 25 heavy (non-hydrogen) atoms. The Labute approximate surface area is 149 Å². The summed E-state index contributed by atoms with van der Waals surface area (Å²) in [7, 11) is 1.59. The van der Waals surface area contributed by atoms with Crippen LogP contribution in [0.15, 0.2) is 18.2 Å². The third-order valence-corrected chi connectivity index (χ3v) is 5.65. The van der Waals surface area contributed by atoms with Crippen LogP contribution in [0.5, 0.6) is 17.2 Å². The number of carbonyl (C=O) groups excluding carboxylic acids is 1. The van der Waals surface area contributed by atoms with Crippen LogP contribution >= 0.6 is 0 Å². The normalized spacial score (nSPS) is 27.2. The number of rotatable bonds is 4. The van der Waals surface area contributed by atoms with Gasteiger partial charge in [0, 0.05) is 23.5 Å². The zero-order chi connectivity index (χ0) is 18.5. The van der Waals surface area contributed by atoms with E-state index in [9.17, 15) is 9.90 Å². The molecule has 0 unspecified atom stereocenters. The number of aromatic hydroxyl groups is 1. The Balaban J connectivity index is 2.20. The lowest BCUT2D eigenvalue weighted by Crippen LogP contribution is -2.36. The highest BCUT2D eigenvalue weighted by molar-refractivity contribution is 6.03. The topological polar surface area (TPSA) is 55.8 Å². The standard InChI is InChI=1S/C21H28O4/c1-11(2)13-7-8-21(5)14(9-13)17-16(24-6)10-15(22)18(20(17)25-21)19(23)12(3)4/h7-8,10-14,22H,9H2,1-6H3/t13-,14-,21-/m1/s1. The summed E-state index contributed by atoms with van der Waals surface area (Å²) in [5.41, 5.74) is 0.693. The van der Waals surface area contributed by atoms with Crippen LogP contribution in [0.4, 0.5) is 0 Å². The number of allylic oxidation sites excluding steroid dienone is 1. The van der Waals surface area contributed by atoms with Gasteiger partial charge in [0.15, 0.2) is 5.78 Å². The van der Waals surface area contributed by atoms with Gasteiger partial charge in [-0.3, -0.25) is 4.79 Å². The molecule has 4 heteroatoms. The Kier molecular flexibility index (Phi) is 4.34. The fourth-order valence-electron chi connectivity index (χ4n) is 4.01. The van der Waals surface area contributed by atoms with Gasteiger partial charge in [-0.05, 0) is 31.3 Å². The Morgan fingerprint density at radius 1 is 1.36 bits per heavy atom. The predicted octanol–water partition coefficient (Wildman–Crippen LogP) is 4.71. The minimum atomic E-state index is -0.513. The zero-order valence-corrected chi connectivity index (χ0v) is 15.9. The number of hydrogen-bond donors (Lipinski definition) is 1. The van der Waals surface area contributed by atoms with Gasteiger partial charge in [0.1, 0.15) is 28.4 Å². The van der Waals surface area contributed by atoms with Gasteiger partial charge in [-0.15, -0.1) is 0 Å². The van der Waals surface area contributed by atoms with Gasteiger partial charge in [0.25, 0.3) is 0 Å². The van der Waals surface area contributed by atoms with Crippen molar-refractivity contribution in [2.24, 2.45) is 17.8 Å². The molecule has 1 heterocycles. The van der Waals surface area contributed by atoms with E-state index in [-0.39, 0.29) is 28.9 Å². The molecule has 0 fully saturated rings. The summed E-state index contributed by atoms with van der Waals surface area (Å²) in [6.07, 6.45) is 5.28. The predicted molar refractivity (Wildman–Crippen MR) is 97.7 cm³/mol. The van der Waals surface area contributed by atoms with Crippen LogP contribution in [-0.4, -0.2) is 23.6 Å². The number of benzene rings is 1. The molecule has 3 rings (SSSR count). The number of phenolic OH excluding ortho intramolecular Hbond substituents is 1. The van der Waals surface area contributed by atoms with Crippen molar-refractivity contribution in [2.75, 3.05) is 7.11 Å². The van der Waals surface area contributed by atoms with Crippen LogP contribution in [0.1, 0.15) is 62.9 Å². The molecule has 3 atom stereocenters. The molecular formula is C21H28O4. The molecule has 0 amide bonds. The molecule has 2 aliphatic rings. The van der Waals surface area contributed by atoms with E-state index in [1.807, 2.05) is 20.8 Å². The third kappa shape index (κ3) is 2.72. The highest BCUT2D eigenvalue weighted by Gasteiger charge is 2.50. The molecule has 1 aliphatic heterocycles. The van der Waals surface area contributed by atoms with E-state index in [1.54, 1.807) is 13.2 Å². The van der Waals surface area contributed by atoms with Crippen molar-refractivity contribution in [1.29, 1.82) is 0 Å². The number of ketones is 1. The maximum atomic E-state index is 12.7. The average Bonchev–Trinajstić information content (AvgIpc) is 2.85. The van der Waals surface area contributed by atoms with Crippen LogP contribution < -0.4 is 9.47 Å².